The molecule has 1 amide bonds. The molecular formula is C21H33N5O. The van der Waals surface area contributed by atoms with Crippen molar-refractivity contribution < 1.29 is 4.79 Å². The molecule has 4 N–H and O–H groups in total. The molecule has 1 aromatic rings. The zero-order valence-corrected chi connectivity index (χ0v) is 17.0. The summed E-state index contributed by atoms with van der Waals surface area (Å²) in [6.45, 7) is 8.65. The SMILES string of the molecule is CC=C(C)C.CNC(=O)c1ccc(NCCNC2=NCCCC2)c(C=N)c1. The van der Waals surface area contributed by atoms with Crippen LogP contribution in [-0.4, -0.2) is 44.6 Å². The second-order valence-corrected chi connectivity index (χ2v) is 6.53. The molecule has 0 saturated carbocycles. The van der Waals surface area contributed by atoms with E-state index in [0.29, 0.717) is 11.1 Å². The van der Waals surface area contributed by atoms with E-state index in [-0.39, 0.29) is 5.91 Å². The largest absolute Gasteiger partial charge is 0.383 e. The van der Waals surface area contributed by atoms with Crippen LogP contribution >= 0.6 is 0 Å². The number of aliphatic imine (C=N–C) groups is 1. The lowest BCUT2D eigenvalue weighted by molar-refractivity contribution is 0.0963. The first kappa shape index (κ1) is 22.4. The Morgan fingerprint density at radius 2 is 1.93 bits per heavy atom. The number of benzene rings is 1. The molecule has 1 heterocycles. The van der Waals surface area contributed by atoms with Crippen molar-refractivity contribution in [2.75, 3.05) is 32.0 Å². The van der Waals surface area contributed by atoms with Crippen LogP contribution in [0.25, 0.3) is 0 Å². The number of nitrogens with one attached hydrogen (secondary N) is 4. The second-order valence-electron chi connectivity index (χ2n) is 6.53. The maximum atomic E-state index is 11.6. The highest BCUT2D eigenvalue weighted by Crippen LogP contribution is 2.15. The molecule has 0 unspecified atom stereocenters. The first-order chi connectivity index (χ1) is 13.0. The summed E-state index contributed by atoms with van der Waals surface area (Å²) in [6.07, 6.45) is 6.77. The van der Waals surface area contributed by atoms with Crippen molar-refractivity contribution in [3.8, 4) is 0 Å². The van der Waals surface area contributed by atoms with E-state index in [2.05, 4.69) is 40.9 Å². The third-order valence-corrected chi connectivity index (χ3v) is 4.17. The predicted molar refractivity (Wildman–Crippen MR) is 115 cm³/mol. The molecule has 0 fully saturated rings. The lowest BCUT2D eigenvalue weighted by atomic mass is 10.1. The van der Waals surface area contributed by atoms with Gasteiger partial charge in [-0.3, -0.25) is 9.79 Å². The van der Waals surface area contributed by atoms with Crippen LogP contribution in [0.1, 0.15) is 56.0 Å². The average Bonchev–Trinajstić information content (AvgIpc) is 2.71. The number of anilines is 1. The van der Waals surface area contributed by atoms with Crippen LogP contribution in [0.3, 0.4) is 0 Å². The summed E-state index contributed by atoms with van der Waals surface area (Å²) in [5.41, 5.74) is 3.50. The summed E-state index contributed by atoms with van der Waals surface area (Å²) in [6, 6.07) is 5.31. The molecule has 0 radical (unpaired) electrons. The van der Waals surface area contributed by atoms with E-state index >= 15 is 0 Å². The second kappa shape index (κ2) is 12.7. The molecule has 27 heavy (non-hydrogen) atoms. The Morgan fingerprint density at radius 1 is 1.22 bits per heavy atom. The molecule has 0 saturated heterocycles. The monoisotopic (exact) mass is 371 g/mol. The summed E-state index contributed by atoms with van der Waals surface area (Å²) in [5.74, 6) is 0.946. The minimum Gasteiger partial charge on any atom is -0.383 e. The smallest absolute Gasteiger partial charge is 0.251 e. The molecule has 0 aliphatic carbocycles. The fraction of sp³-hybridized carbons (Fsp3) is 0.476. The maximum Gasteiger partial charge on any atom is 0.251 e. The standard InChI is InChI=1S/C16H23N5O.C5H10/c1-18-16(22)12-5-6-14(13(10-12)11-17)19-8-9-21-15-4-2-3-7-20-15;1-4-5(2)3/h5-6,10-11,17,19H,2-4,7-9H2,1H3,(H,18,22)(H,20,21);4H,1-3H3. The summed E-state index contributed by atoms with van der Waals surface area (Å²) in [7, 11) is 1.60. The van der Waals surface area contributed by atoms with Crippen molar-refractivity contribution >= 4 is 23.6 Å². The van der Waals surface area contributed by atoms with Crippen LogP contribution in [0.15, 0.2) is 34.8 Å². The highest BCUT2D eigenvalue weighted by Gasteiger charge is 2.07. The van der Waals surface area contributed by atoms with Gasteiger partial charge in [-0.25, -0.2) is 0 Å². The van der Waals surface area contributed by atoms with Gasteiger partial charge in [-0.1, -0.05) is 11.6 Å². The van der Waals surface area contributed by atoms with Crippen LogP contribution in [0, 0.1) is 5.41 Å². The Labute approximate surface area is 163 Å². The van der Waals surface area contributed by atoms with Crippen LogP contribution in [0.5, 0.6) is 0 Å². The van der Waals surface area contributed by atoms with Crippen LogP contribution in [0.2, 0.25) is 0 Å². The zero-order chi connectivity index (χ0) is 20.1. The van der Waals surface area contributed by atoms with Gasteiger partial charge in [0.2, 0.25) is 0 Å². The van der Waals surface area contributed by atoms with Gasteiger partial charge >= 0.3 is 0 Å². The number of carbonyl (C=O) groups is 1. The highest BCUT2D eigenvalue weighted by atomic mass is 16.1. The highest BCUT2D eigenvalue weighted by molar-refractivity contribution is 5.97. The van der Waals surface area contributed by atoms with Crippen molar-refractivity contribution in [1.82, 2.24) is 10.6 Å². The molecule has 0 atom stereocenters. The van der Waals surface area contributed by atoms with E-state index in [1.54, 1.807) is 19.2 Å². The quantitative estimate of drug-likeness (QED) is 0.350. The van der Waals surface area contributed by atoms with Gasteiger partial charge in [0.05, 0.1) is 5.84 Å². The van der Waals surface area contributed by atoms with Gasteiger partial charge in [-0.15, -0.1) is 0 Å². The fourth-order valence-electron chi connectivity index (χ4n) is 2.37. The molecule has 0 spiro atoms. The molecule has 0 aromatic heterocycles. The summed E-state index contributed by atoms with van der Waals surface area (Å²) in [4.78, 5) is 16.0. The Kier molecular flexibility index (Phi) is 10.5. The number of hydrogen-bond acceptors (Lipinski definition) is 5. The van der Waals surface area contributed by atoms with Crippen molar-refractivity contribution in [1.29, 1.82) is 5.41 Å². The van der Waals surface area contributed by atoms with E-state index < -0.39 is 0 Å². The van der Waals surface area contributed by atoms with E-state index in [9.17, 15) is 4.79 Å². The molecule has 2 rings (SSSR count). The number of hydrogen-bond donors (Lipinski definition) is 4. The van der Waals surface area contributed by atoms with Crippen molar-refractivity contribution in [2.45, 2.75) is 40.0 Å². The normalized spacial score (nSPS) is 12.7. The predicted octanol–water partition coefficient (Wildman–Crippen LogP) is 3.60. The first-order valence-electron chi connectivity index (χ1n) is 9.49. The third kappa shape index (κ3) is 8.53. The molecule has 6 nitrogen and oxygen atoms in total. The number of nitrogens with zero attached hydrogens (tertiary/aromatic N) is 1. The fourth-order valence-corrected chi connectivity index (χ4v) is 2.37. The van der Waals surface area contributed by atoms with Gasteiger partial charge < -0.3 is 21.4 Å². The van der Waals surface area contributed by atoms with E-state index in [4.69, 9.17) is 5.41 Å². The van der Waals surface area contributed by atoms with Gasteiger partial charge in [-0.2, -0.15) is 0 Å². The van der Waals surface area contributed by atoms with Crippen LogP contribution < -0.4 is 16.0 Å². The number of amides is 1. The minimum atomic E-state index is -0.147. The molecule has 148 valence electrons. The zero-order valence-electron chi connectivity index (χ0n) is 17.0. The molecular weight excluding hydrogens is 338 g/mol. The lowest BCUT2D eigenvalue weighted by Gasteiger charge is -2.15. The first-order valence-corrected chi connectivity index (χ1v) is 9.49. The maximum absolute atomic E-state index is 11.6. The molecule has 1 aromatic carbocycles. The van der Waals surface area contributed by atoms with Crippen molar-refractivity contribution in [3.05, 3.63) is 41.0 Å². The summed E-state index contributed by atoms with van der Waals surface area (Å²) >= 11 is 0. The van der Waals surface area contributed by atoms with Gasteiger partial charge in [-0.05, 0) is 51.8 Å². The number of amidine groups is 1. The topological polar surface area (TPSA) is 89.4 Å². The molecule has 1 aliphatic rings. The summed E-state index contributed by atoms with van der Waals surface area (Å²) in [5, 5.41) is 16.7. The molecule has 0 bridgehead atoms. The van der Waals surface area contributed by atoms with Gasteiger partial charge in [0.15, 0.2) is 0 Å². The Hall–Kier alpha value is -2.63. The molecule has 6 heteroatoms. The minimum absolute atomic E-state index is 0.147. The van der Waals surface area contributed by atoms with E-state index in [1.165, 1.54) is 24.6 Å². The summed E-state index contributed by atoms with van der Waals surface area (Å²) < 4.78 is 0. The van der Waals surface area contributed by atoms with Crippen LogP contribution in [-0.2, 0) is 0 Å². The van der Waals surface area contributed by atoms with Gasteiger partial charge in [0.1, 0.15) is 0 Å². The molecule has 1 aliphatic heterocycles. The Balaban J connectivity index is 0.000000646. The Morgan fingerprint density at radius 3 is 2.48 bits per heavy atom. The Bertz CT molecular complexity index is 675. The number of rotatable bonds is 6. The lowest BCUT2D eigenvalue weighted by Crippen LogP contribution is -2.30. The van der Waals surface area contributed by atoms with Crippen molar-refractivity contribution in [2.24, 2.45) is 4.99 Å². The van der Waals surface area contributed by atoms with E-state index in [0.717, 1.165) is 37.6 Å². The van der Waals surface area contributed by atoms with Gasteiger partial charge in [0, 0.05) is 56.1 Å². The van der Waals surface area contributed by atoms with E-state index in [1.807, 2.05) is 13.0 Å². The van der Waals surface area contributed by atoms with Crippen molar-refractivity contribution in [3.63, 3.8) is 0 Å². The van der Waals surface area contributed by atoms with Crippen LogP contribution in [0.4, 0.5) is 5.69 Å². The number of carbonyl (C=O) groups excluding carboxylic acids is 1. The number of allylic oxidation sites excluding steroid dienone is 2. The third-order valence-electron chi connectivity index (χ3n) is 4.17. The average molecular weight is 372 g/mol. The van der Waals surface area contributed by atoms with Gasteiger partial charge in [0.25, 0.3) is 5.91 Å².